The predicted molar refractivity (Wildman–Crippen MR) is 75.2 cm³/mol. The third-order valence-corrected chi connectivity index (χ3v) is 2.92. The van der Waals surface area contributed by atoms with E-state index in [0.717, 1.165) is 5.56 Å². The molecule has 0 bridgehead atoms. The van der Waals surface area contributed by atoms with Gasteiger partial charge in [-0.1, -0.05) is 37.3 Å². The van der Waals surface area contributed by atoms with Crippen molar-refractivity contribution in [2.75, 3.05) is 13.1 Å². The molecule has 1 aromatic carbocycles. The molecule has 4 nitrogen and oxygen atoms in total. The zero-order chi connectivity index (χ0) is 14.3. The number of carbonyl (C=O) groups excluding carboxylic acids is 1. The third-order valence-electron chi connectivity index (χ3n) is 2.92. The highest BCUT2D eigenvalue weighted by molar-refractivity contribution is 5.85. The monoisotopic (exact) mass is 259 g/mol. The van der Waals surface area contributed by atoms with Crippen molar-refractivity contribution in [2.24, 2.45) is 0 Å². The number of nitrogens with one attached hydrogen (secondary N) is 1. The Morgan fingerprint density at radius 2 is 2.00 bits per heavy atom. The molecule has 4 heteroatoms. The van der Waals surface area contributed by atoms with Crippen LogP contribution < -0.4 is 5.32 Å². The van der Waals surface area contributed by atoms with Crippen molar-refractivity contribution in [1.29, 1.82) is 5.26 Å². The minimum atomic E-state index is -0.652. The van der Waals surface area contributed by atoms with Gasteiger partial charge < -0.3 is 10.2 Å². The molecule has 0 unspecified atom stereocenters. The Hall–Kier alpha value is -1.86. The van der Waals surface area contributed by atoms with E-state index >= 15 is 0 Å². The van der Waals surface area contributed by atoms with Crippen LogP contribution in [0.5, 0.6) is 0 Å². The Morgan fingerprint density at radius 3 is 2.53 bits per heavy atom. The average molecular weight is 259 g/mol. The fourth-order valence-corrected chi connectivity index (χ4v) is 2.00. The summed E-state index contributed by atoms with van der Waals surface area (Å²) in [6.45, 7) is 6.92. The van der Waals surface area contributed by atoms with Gasteiger partial charge in [0, 0.05) is 6.54 Å². The molecule has 0 atom stereocenters. The van der Waals surface area contributed by atoms with Crippen molar-refractivity contribution in [3.63, 3.8) is 0 Å². The Balaban J connectivity index is 2.83. The summed E-state index contributed by atoms with van der Waals surface area (Å²) in [6.07, 6.45) is 0. The van der Waals surface area contributed by atoms with Gasteiger partial charge >= 0.3 is 0 Å². The number of benzene rings is 1. The molecule has 0 aliphatic carbocycles. The molecule has 0 radical (unpaired) electrons. The molecule has 0 aliphatic heterocycles. The number of amides is 1. The Kier molecular flexibility index (Phi) is 5.53. The molecule has 1 aromatic rings. The minimum absolute atomic E-state index is 0.0558. The second-order valence-corrected chi connectivity index (χ2v) is 4.96. The normalized spacial score (nSPS) is 10.8. The maximum absolute atomic E-state index is 12.5. The molecule has 102 valence electrons. The quantitative estimate of drug-likeness (QED) is 0.794. The van der Waals surface area contributed by atoms with Crippen molar-refractivity contribution < 1.29 is 4.79 Å². The first-order valence-electron chi connectivity index (χ1n) is 6.46. The third kappa shape index (κ3) is 4.38. The van der Waals surface area contributed by atoms with E-state index in [0.29, 0.717) is 13.1 Å². The van der Waals surface area contributed by atoms with Gasteiger partial charge in [0.1, 0.15) is 6.54 Å². The van der Waals surface area contributed by atoms with E-state index in [1.165, 1.54) is 0 Å². The van der Waals surface area contributed by atoms with Gasteiger partial charge in [0.25, 0.3) is 0 Å². The van der Waals surface area contributed by atoms with Gasteiger partial charge in [0.15, 0.2) is 0 Å². The van der Waals surface area contributed by atoms with Crippen molar-refractivity contribution in [3.05, 3.63) is 35.9 Å². The highest BCUT2D eigenvalue weighted by atomic mass is 16.2. The van der Waals surface area contributed by atoms with Gasteiger partial charge in [0.2, 0.25) is 5.91 Å². The molecule has 0 aliphatic rings. The van der Waals surface area contributed by atoms with Crippen molar-refractivity contribution in [2.45, 2.75) is 32.9 Å². The minimum Gasteiger partial charge on any atom is -0.323 e. The molecule has 0 saturated carbocycles. The number of rotatable bonds is 6. The van der Waals surface area contributed by atoms with Crippen molar-refractivity contribution in [3.8, 4) is 6.07 Å². The summed E-state index contributed by atoms with van der Waals surface area (Å²) in [5, 5.41) is 12.0. The Morgan fingerprint density at radius 1 is 1.37 bits per heavy atom. The highest BCUT2D eigenvalue weighted by Gasteiger charge is 2.30. The summed E-state index contributed by atoms with van der Waals surface area (Å²) in [4.78, 5) is 14.0. The first-order valence-corrected chi connectivity index (χ1v) is 6.46. The van der Waals surface area contributed by atoms with Crippen LogP contribution in [0.4, 0.5) is 0 Å². The largest absolute Gasteiger partial charge is 0.323 e. The van der Waals surface area contributed by atoms with Gasteiger partial charge in [-0.15, -0.1) is 0 Å². The number of hydrogen-bond donors (Lipinski definition) is 1. The van der Waals surface area contributed by atoms with Gasteiger partial charge in [-0.2, -0.15) is 5.26 Å². The number of hydrogen-bond acceptors (Lipinski definition) is 3. The Bertz CT molecular complexity index is 448. The molecule has 0 aromatic heterocycles. The predicted octanol–water partition coefficient (Wildman–Crippen LogP) is 1.93. The van der Waals surface area contributed by atoms with Crippen LogP contribution >= 0.6 is 0 Å². The van der Waals surface area contributed by atoms with Crippen molar-refractivity contribution >= 4 is 5.91 Å². The molecule has 1 N–H and O–H groups in total. The van der Waals surface area contributed by atoms with Gasteiger partial charge in [0.05, 0.1) is 11.6 Å². The lowest BCUT2D eigenvalue weighted by molar-refractivity contribution is -0.137. The molecule has 0 fully saturated rings. The zero-order valence-corrected chi connectivity index (χ0v) is 11.8. The van der Waals surface area contributed by atoms with E-state index in [1.54, 1.807) is 4.90 Å². The molecule has 0 heterocycles. The lowest BCUT2D eigenvalue weighted by Crippen LogP contribution is -2.53. The summed E-state index contributed by atoms with van der Waals surface area (Å²) < 4.78 is 0. The highest BCUT2D eigenvalue weighted by Crippen LogP contribution is 2.12. The van der Waals surface area contributed by atoms with Crippen LogP contribution in [-0.4, -0.2) is 29.4 Å². The summed E-state index contributed by atoms with van der Waals surface area (Å²) in [5.74, 6) is -0.0558. The standard InChI is InChI=1S/C15H21N3O/c1-4-17-15(2,3)14(19)18(11-10-16)12-13-8-6-5-7-9-13/h5-9,17H,4,11-12H2,1-3H3. The van der Waals surface area contributed by atoms with Crippen LogP contribution in [0.15, 0.2) is 30.3 Å². The van der Waals surface area contributed by atoms with Gasteiger partial charge in [-0.05, 0) is 26.0 Å². The van der Waals surface area contributed by atoms with E-state index in [1.807, 2.05) is 51.1 Å². The molecule has 1 rings (SSSR count). The van der Waals surface area contributed by atoms with Crippen LogP contribution in [0.3, 0.4) is 0 Å². The smallest absolute Gasteiger partial charge is 0.243 e. The van der Waals surface area contributed by atoms with Crippen LogP contribution in [0.25, 0.3) is 0 Å². The van der Waals surface area contributed by atoms with Crippen molar-refractivity contribution in [1.82, 2.24) is 10.2 Å². The van der Waals surface area contributed by atoms with E-state index in [-0.39, 0.29) is 12.5 Å². The zero-order valence-electron chi connectivity index (χ0n) is 11.8. The molecule has 19 heavy (non-hydrogen) atoms. The first kappa shape index (κ1) is 15.2. The topological polar surface area (TPSA) is 56.1 Å². The first-order chi connectivity index (χ1) is 9.01. The average Bonchev–Trinajstić information content (AvgIpc) is 2.38. The lowest BCUT2D eigenvalue weighted by Gasteiger charge is -2.31. The van der Waals surface area contributed by atoms with Crippen LogP contribution in [0.2, 0.25) is 0 Å². The van der Waals surface area contributed by atoms with Crippen LogP contribution in [0.1, 0.15) is 26.3 Å². The van der Waals surface area contributed by atoms with E-state index in [2.05, 4.69) is 11.4 Å². The fourth-order valence-electron chi connectivity index (χ4n) is 2.00. The molecule has 1 amide bonds. The number of nitriles is 1. The van der Waals surface area contributed by atoms with E-state index in [4.69, 9.17) is 5.26 Å². The molecule has 0 spiro atoms. The Labute approximate surface area is 115 Å². The maximum Gasteiger partial charge on any atom is 0.243 e. The van der Waals surface area contributed by atoms with E-state index in [9.17, 15) is 4.79 Å². The van der Waals surface area contributed by atoms with Crippen LogP contribution in [-0.2, 0) is 11.3 Å². The van der Waals surface area contributed by atoms with Gasteiger partial charge in [-0.25, -0.2) is 0 Å². The van der Waals surface area contributed by atoms with E-state index < -0.39 is 5.54 Å². The second-order valence-electron chi connectivity index (χ2n) is 4.96. The number of carbonyl (C=O) groups is 1. The van der Waals surface area contributed by atoms with Gasteiger partial charge in [-0.3, -0.25) is 4.79 Å². The fraction of sp³-hybridized carbons (Fsp3) is 0.467. The summed E-state index contributed by atoms with van der Waals surface area (Å²) in [5.41, 5.74) is 0.374. The summed E-state index contributed by atoms with van der Waals surface area (Å²) in [6, 6.07) is 11.8. The summed E-state index contributed by atoms with van der Waals surface area (Å²) in [7, 11) is 0. The lowest BCUT2D eigenvalue weighted by atomic mass is 10.0. The summed E-state index contributed by atoms with van der Waals surface area (Å²) >= 11 is 0. The SMILES string of the molecule is CCNC(C)(C)C(=O)N(CC#N)Cc1ccccc1. The molecular formula is C15H21N3O. The molecular weight excluding hydrogens is 238 g/mol. The second kappa shape index (κ2) is 6.91. The maximum atomic E-state index is 12.5. The molecule has 0 saturated heterocycles. The van der Waals surface area contributed by atoms with Crippen LogP contribution in [0, 0.1) is 11.3 Å². The number of likely N-dealkylation sites (N-methyl/N-ethyl adjacent to an activating group) is 1. The number of nitrogens with zero attached hydrogens (tertiary/aromatic N) is 2.